The van der Waals surface area contributed by atoms with Crippen molar-refractivity contribution < 1.29 is 13.9 Å². The molecule has 3 aromatic rings. The lowest BCUT2D eigenvalue weighted by molar-refractivity contribution is -0.115. The molecule has 2 aromatic carbocycles. The zero-order chi connectivity index (χ0) is 18.5. The normalized spacial score (nSPS) is 11.8. The Kier molecular flexibility index (Phi) is 5.58. The molecule has 0 bridgehead atoms. The number of carbonyl (C=O) groups excluding carboxylic acids is 1. The number of anilines is 1. The average molecular weight is 369 g/mol. The highest BCUT2D eigenvalue weighted by Gasteiger charge is 2.19. The van der Waals surface area contributed by atoms with Crippen LogP contribution in [-0.2, 0) is 4.79 Å². The SMILES string of the molecule is COc1ccc(-c2nnc(S[C@@H](C)C(=O)Nc3cccc(C)c3)o2)cc1. The Labute approximate surface area is 156 Å². The summed E-state index contributed by atoms with van der Waals surface area (Å²) in [6.45, 7) is 3.78. The van der Waals surface area contributed by atoms with Gasteiger partial charge in [-0.05, 0) is 55.8 Å². The lowest BCUT2D eigenvalue weighted by Gasteiger charge is -2.10. The monoisotopic (exact) mass is 369 g/mol. The predicted molar refractivity (Wildman–Crippen MR) is 101 cm³/mol. The molecule has 0 saturated heterocycles. The van der Waals surface area contributed by atoms with Gasteiger partial charge < -0.3 is 14.5 Å². The van der Waals surface area contributed by atoms with Gasteiger partial charge in [0.25, 0.3) is 5.22 Å². The van der Waals surface area contributed by atoms with Gasteiger partial charge in [-0.3, -0.25) is 4.79 Å². The number of rotatable bonds is 6. The first-order chi connectivity index (χ1) is 12.5. The minimum atomic E-state index is -0.375. The molecule has 1 amide bonds. The van der Waals surface area contributed by atoms with Crippen LogP contribution in [0.25, 0.3) is 11.5 Å². The van der Waals surface area contributed by atoms with Gasteiger partial charge in [-0.25, -0.2) is 0 Å². The maximum Gasteiger partial charge on any atom is 0.277 e. The number of aromatic nitrogens is 2. The number of hydrogen-bond donors (Lipinski definition) is 1. The van der Waals surface area contributed by atoms with Crippen LogP contribution in [0.4, 0.5) is 5.69 Å². The Morgan fingerprint density at radius 2 is 1.96 bits per heavy atom. The molecular formula is C19H19N3O3S. The van der Waals surface area contributed by atoms with Crippen molar-refractivity contribution in [2.24, 2.45) is 0 Å². The maximum absolute atomic E-state index is 12.3. The summed E-state index contributed by atoms with van der Waals surface area (Å²) in [7, 11) is 1.61. The summed E-state index contributed by atoms with van der Waals surface area (Å²) in [6.07, 6.45) is 0. The number of methoxy groups -OCH3 is 1. The van der Waals surface area contributed by atoms with Gasteiger partial charge in [-0.1, -0.05) is 23.9 Å². The summed E-state index contributed by atoms with van der Waals surface area (Å²) in [4.78, 5) is 12.3. The Hall–Kier alpha value is -2.80. The molecule has 0 aliphatic carbocycles. The van der Waals surface area contributed by atoms with E-state index in [0.29, 0.717) is 11.1 Å². The molecule has 26 heavy (non-hydrogen) atoms. The first-order valence-corrected chi connectivity index (χ1v) is 8.95. The summed E-state index contributed by atoms with van der Waals surface area (Å²) in [5.41, 5.74) is 2.65. The molecule has 0 aliphatic heterocycles. The molecule has 0 spiro atoms. The van der Waals surface area contributed by atoms with Crippen molar-refractivity contribution in [2.45, 2.75) is 24.3 Å². The minimum absolute atomic E-state index is 0.121. The number of hydrogen-bond acceptors (Lipinski definition) is 6. The van der Waals surface area contributed by atoms with E-state index in [1.807, 2.05) is 55.5 Å². The van der Waals surface area contributed by atoms with Crippen LogP contribution < -0.4 is 10.1 Å². The van der Waals surface area contributed by atoms with Crippen molar-refractivity contribution in [1.29, 1.82) is 0 Å². The lowest BCUT2D eigenvalue weighted by Crippen LogP contribution is -2.22. The second-order valence-corrected chi connectivity index (χ2v) is 7.01. The highest BCUT2D eigenvalue weighted by molar-refractivity contribution is 8.00. The molecule has 1 atom stereocenters. The molecule has 3 rings (SSSR count). The van der Waals surface area contributed by atoms with Gasteiger partial charge in [0, 0.05) is 11.3 Å². The smallest absolute Gasteiger partial charge is 0.277 e. The Morgan fingerprint density at radius 1 is 1.19 bits per heavy atom. The summed E-state index contributed by atoms with van der Waals surface area (Å²) >= 11 is 1.22. The van der Waals surface area contributed by atoms with Gasteiger partial charge in [-0.15, -0.1) is 10.2 Å². The van der Waals surface area contributed by atoms with E-state index in [-0.39, 0.29) is 11.2 Å². The van der Waals surface area contributed by atoms with Crippen LogP contribution in [0, 0.1) is 6.92 Å². The second kappa shape index (κ2) is 8.05. The first-order valence-electron chi connectivity index (χ1n) is 8.07. The zero-order valence-corrected chi connectivity index (χ0v) is 15.5. The van der Waals surface area contributed by atoms with E-state index in [0.717, 1.165) is 22.6 Å². The van der Waals surface area contributed by atoms with Crippen molar-refractivity contribution >= 4 is 23.4 Å². The van der Waals surface area contributed by atoms with Gasteiger partial charge in [0.15, 0.2) is 0 Å². The van der Waals surface area contributed by atoms with Crippen LogP contribution in [0.5, 0.6) is 5.75 Å². The van der Waals surface area contributed by atoms with Crippen molar-refractivity contribution in [3.05, 3.63) is 54.1 Å². The first kappa shape index (κ1) is 18.0. The third kappa shape index (κ3) is 4.43. The maximum atomic E-state index is 12.3. The van der Waals surface area contributed by atoms with E-state index >= 15 is 0 Å². The van der Waals surface area contributed by atoms with E-state index in [1.165, 1.54) is 11.8 Å². The van der Waals surface area contributed by atoms with E-state index < -0.39 is 0 Å². The predicted octanol–water partition coefficient (Wildman–Crippen LogP) is 4.17. The third-order valence-corrected chi connectivity index (χ3v) is 4.61. The van der Waals surface area contributed by atoms with Crippen LogP contribution in [0.1, 0.15) is 12.5 Å². The molecule has 1 aromatic heterocycles. The number of amides is 1. The number of benzene rings is 2. The fraction of sp³-hybridized carbons (Fsp3) is 0.211. The number of nitrogens with zero attached hydrogens (tertiary/aromatic N) is 2. The topological polar surface area (TPSA) is 77.2 Å². The third-order valence-electron chi connectivity index (χ3n) is 3.68. The second-order valence-electron chi connectivity index (χ2n) is 5.72. The fourth-order valence-electron chi connectivity index (χ4n) is 2.28. The van der Waals surface area contributed by atoms with Crippen molar-refractivity contribution in [3.8, 4) is 17.2 Å². The Morgan fingerprint density at radius 3 is 2.65 bits per heavy atom. The summed E-state index contributed by atoms with van der Waals surface area (Å²) in [6, 6.07) is 15.0. The Bertz CT molecular complexity index is 893. The van der Waals surface area contributed by atoms with Crippen LogP contribution in [0.2, 0.25) is 0 Å². The molecular weight excluding hydrogens is 350 g/mol. The van der Waals surface area contributed by atoms with E-state index in [1.54, 1.807) is 14.0 Å². The number of nitrogens with one attached hydrogen (secondary N) is 1. The minimum Gasteiger partial charge on any atom is -0.497 e. The molecule has 0 unspecified atom stereocenters. The van der Waals surface area contributed by atoms with Gasteiger partial charge in [0.2, 0.25) is 11.8 Å². The highest BCUT2D eigenvalue weighted by Crippen LogP contribution is 2.27. The number of thioether (sulfide) groups is 1. The molecule has 0 radical (unpaired) electrons. The molecule has 1 heterocycles. The Balaban J connectivity index is 1.63. The zero-order valence-electron chi connectivity index (χ0n) is 14.7. The number of carbonyl (C=O) groups is 1. The van der Waals surface area contributed by atoms with Crippen molar-refractivity contribution in [2.75, 3.05) is 12.4 Å². The molecule has 0 aliphatic rings. The van der Waals surface area contributed by atoms with Crippen LogP contribution in [0.15, 0.2) is 58.2 Å². The summed E-state index contributed by atoms with van der Waals surface area (Å²) in [5.74, 6) is 1.04. The highest BCUT2D eigenvalue weighted by atomic mass is 32.2. The molecule has 134 valence electrons. The number of aryl methyl sites for hydroxylation is 1. The van der Waals surface area contributed by atoms with Gasteiger partial charge in [0.1, 0.15) is 5.75 Å². The average Bonchev–Trinajstić information content (AvgIpc) is 3.10. The summed E-state index contributed by atoms with van der Waals surface area (Å²) in [5, 5.41) is 10.9. The van der Waals surface area contributed by atoms with E-state index in [9.17, 15) is 4.79 Å². The van der Waals surface area contributed by atoms with Crippen LogP contribution in [-0.4, -0.2) is 28.5 Å². The van der Waals surface area contributed by atoms with Gasteiger partial charge in [-0.2, -0.15) is 0 Å². The summed E-state index contributed by atoms with van der Waals surface area (Å²) < 4.78 is 10.8. The quantitative estimate of drug-likeness (QED) is 0.657. The van der Waals surface area contributed by atoms with Gasteiger partial charge >= 0.3 is 0 Å². The standard InChI is InChI=1S/C19H19N3O3S/c1-12-5-4-6-15(11-12)20-17(23)13(2)26-19-22-21-18(25-19)14-7-9-16(24-3)10-8-14/h4-11,13H,1-3H3,(H,20,23)/t13-/m0/s1. The number of ether oxygens (including phenoxy) is 1. The van der Waals surface area contributed by atoms with Crippen molar-refractivity contribution in [1.82, 2.24) is 10.2 Å². The van der Waals surface area contributed by atoms with Gasteiger partial charge in [0.05, 0.1) is 12.4 Å². The molecule has 6 nitrogen and oxygen atoms in total. The lowest BCUT2D eigenvalue weighted by atomic mass is 10.2. The van der Waals surface area contributed by atoms with E-state index in [4.69, 9.17) is 9.15 Å². The van der Waals surface area contributed by atoms with Crippen LogP contribution in [0.3, 0.4) is 0 Å². The van der Waals surface area contributed by atoms with E-state index in [2.05, 4.69) is 15.5 Å². The fourth-order valence-corrected chi connectivity index (χ4v) is 2.96. The molecule has 0 fully saturated rings. The molecule has 1 N–H and O–H groups in total. The van der Waals surface area contributed by atoms with Crippen molar-refractivity contribution in [3.63, 3.8) is 0 Å². The molecule has 7 heteroatoms. The van der Waals surface area contributed by atoms with Crippen LogP contribution >= 0.6 is 11.8 Å². The molecule has 0 saturated carbocycles. The largest absolute Gasteiger partial charge is 0.497 e.